The summed E-state index contributed by atoms with van der Waals surface area (Å²) in [7, 11) is 2.03. The number of carbonyl (C=O) groups excluding carboxylic acids is 2. The van der Waals surface area contributed by atoms with Crippen molar-refractivity contribution in [2.24, 2.45) is 0 Å². The maximum Gasteiger partial charge on any atom is 0.289 e. The first-order chi connectivity index (χ1) is 15.1. The van der Waals surface area contributed by atoms with E-state index >= 15 is 0 Å². The summed E-state index contributed by atoms with van der Waals surface area (Å²) in [6, 6.07) is 11.3. The molecule has 160 valence electrons. The summed E-state index contributed by atoms with van der Waals surface area (Å²) in [5.74, 6) is 1.16. The molecule has 2 aromatic heterocycles. The van der Waals surface area contributed by atoms with Gasteiger partial charge in [-0.15, -0.1) is 0 Å². The highest BCUT2D eigenvalue weighted by Gasteiger charge is 2.27. The molecular formula is C23H25N5O3. The summed E-state index contributed by atoms with van der Waals surface area (Å²) in [6.07, 6.45) is 2.37. The summed E-state index contributed by atoms with van der Waals surface area (Å²) in [4.78, 5) is 36.1. The maximum absolute atomic E-state index is 12.9. The van der Waals surface area contributed by atoms with Gasteiger partial charge in [0, 0.05) is 50.7 Å². The van der Waals surface area contributed by atoms with E-state index in [2.05, 4.69) is 15.1 Å². The fraction of sp³-hybridized carbons (Fsp3) is 0.348. The Hall–Kier alpha value is -3.39. The molecule has 2 aliphatic rings. The minimum absolute atomic E-state index is 0.0427. The number of para-hydroxylation sites is 1. The third-order valence-corrected chi connectivity index (χ3v) is 6.05. The van der Waals surface area contributed by atoms with Gasteiger partial charge in [-0.05, 0) is 24.6 Å². The number of pyridine rings is 1. The van der Waals surface area contributed by atoms with Gasteiger partial charge in [-0.3, -0.25) is 14.5 Å². The molecule has 0 bridgehead atoms. The molecule has 0 aliphatic carbocycles. The summed E-state index contributed by atoms with van der Waals surface area (Å²) < 4.78 is 5.21. The number of anilines is 2. The Morgan fingerprint density at radius 2 is 1.87 bits per heavy atom. The van der Waals surface area contributed by atoms with Gasteiger partial charge in [-0.25, -0.2) is 4.98 Å². The number of piperazine rings is 1. The van der Waals surface area contributed by atoms with Gasteiger partial charge < -0.3 is 19.5 Å². The molecular weight excluding hydrogens is 394 g/mol. The second-order valence-electron chi connectivity index (χ2n) is 8.07. The van der Waals surface area contributed by atoms with Crippen LogP contribution in [0, 0.1) is 0 Å². The number of furan rings is 1. The minimum atomic E-state index is -0.1000. The quantitative estimate of drug-likeness (QED) is 0.698. The molecule has 1 N–H and O–H groups in total. The average Bonchev–Trinajstić information content (AvgIpc) is 3.44. The number of benzene rings is 1. The fourth-order valence-corrected chi connectivity index (χ4v) is 4.37. The van der Waals surface area contributed by atoms with Crippen LogP contribution >= 0.6 is 0 Å². The molecule has 31 heavy (non-hydrogen) atoms. The molecule has 3 aromatic rings. The van der Waals surface area contributed by atoms with E-state index < -0.39 is 0 Å². The van der Waals surface area contributed by atoms with Crippen LogP contribution in [0.25, 0.3) is 10.9 Å². The van der Waals surface area contributed by atoms with Crippen LogP contribution in [0.4, 0.5) is 11.5 Å². The van der Waals surface area contributed by atoms with E-state index in [0.29, 0.717) is 38.5 Å². The molecule has 8 nitrogen and oxygen atoms in total. The van der Waals surface area contributed by atoms with Crippen molar-refractivity contribution in [1.82, 2.24) is 14.8 Å². The average molecular weight is 419 g/mol. The fourth-order valence-electron chi connectivity index (χ4n) is 4.37. The number of rotatable bonds is 4. The number of aromatic nitrogens is 1. The second kappa shape index (κ2) is 8.03. The summed E-state index contributed by atoms with van der Waals surface area (Å²) in [5, 5.41) is 4.14. The highest BCUT2D eigenvalue weighted by Crippen LogP contribution is 2.36. The van der Waals surface area contributed by atoms with Crippen molar-refractivity contribution in [2.45, 2.75) is 6.42 Å². The molecule has 0 atom stereocenters. The zero-order valence-electron chi connectivity index (χ0n) is 17.5. The van der Waals surface area contributed by atoms with Crippen molar-refractivity contribution in [2.75, 3.05) is 56.5 Å². The predicted molar refractivity (Wildman–Crippen MR) is 118 cm³/mol. The molecule has 2 amide bonds. The van der Waals surface area contributed by atoms with Gasteiger partial charge in [0.1, 0.15) is 5.82 Å². The molecule has 1 saturated heterocycles. The molecule has 2 aliphatic heterocycles. The first kappa shape index (κ1) is 19.6. The van der Waals surface area contributed by atoms with Crippen molar-refractivity contribution < 1.29 is 14.0 Å². The second-order valence-corrected chi connectivity index (χ2v) is 8.07. The van der Waals surface area contributed by atoms with Gasteiger partial charge in [0.15, 0.2) is 5.76 Å². The monoisotopic (exact) mass is 419 g/mol. The molecule has 0 spiro atoms. The van der Waals surface area contributed by atoms with Crippen LogP contribution in [0.5, 0.6) is 0 Å². The van der Waals surface area contributed by atoms with Crippen molar-refractivity contribution in [1.29, 1.82) is 0 Å². The van der Waals surface area contributed by atoms with Gasteiger partial charge >= 0.3 is 0 Å². The first-order valence-electron chi connectivity index (χ1n) is 10.6. The normalized spacial score (nSPS) is 16.5. The van der Waals surface area contributed by atoms with Crippen LogP contribution in [-0.2, 0) is 11.2 Å². The zero-order chi connectivity index (χ0) is 21.4. The van der Waals surface area contributed by atoms with Crippen molar-refractivity contribution >= 4 is 34.2 Å². The zero-order valence-corrected chi connectivity index (χ0v) is 17.5. The third-order valence-electron chi connectivity index (χ3n) is 6.05. The van der Waals surface area contributed by atoms with Crippen molar-refractivity contribution in [3.05, 3.63) is 54.0 Å². The van der Waals surface area contributed by atoms with Gasteiger partial charge in [-0.2, -0.15) is 0 Å². The number of fused-ring (bicyclic) bond motifs is 2. The maximum atomic E-state index is 12.9. The summed E-state index contributed by atoms with van der Waals surface area (Å²) in [5.41, 5.74) is 2.86. The standard InChI is InChI=1S/C23H25N5O3/c1-26-9-8-17-21(16-5-2-3-6-18(16)24-22(17)26)25-20(29)15-27-10-12-28(13-11-27)23(30)19-7-4-14-31-19/h2-7,14H,8-13,15H2,1H3,(H,24,25,29). The molecule has 0 saturated carbocycles. The molecule has 1 aromatic carbocycles. The summed E-state index contributed by atoms with van der Waals surface area (Å²) >= 11 is 0. The van der Waals surface area contributed by atoms with E-state index in [1.54, 1.807) is 17.0 Å². The Labute approximate surface area is 180 Å². The lowest BCUT2D eigenvalue weighted by atomic mass is 10.1. The molecule has 0 radical (unpaired) electrons. The lowest BCUT2D eigenvalue weighted by Crippen LogP contribution is -2.50. The molecule has 8 heteroatoms. The smallest absolute Gasteiger partial charge is 0.289 e. The molecule has 5 rings (SSSR count). The van der Waals surface area contributed by atoms with E-state index in [0.717, 1.165) is 40.9 Å². The van der Waals surface area contributed by atoms with E-state index in [-0.39, 0.29) is 11.8 Å². The SMILES string of the molecule is CN1CCc2c1nc1ccccc1c2NC(=O)CN1CCN(C(=O)c2ccco2)CC1. The number of amides is 2. The molecule has 0 unspecified atom stereocenters. The minimum Gasteiger partial charge on any atom is -0.459 e. The van der Waals surface area contributed by atoms with Gasteiger partial charge in [0.2, 0.25) is 5.91 Å². The van der Waals surface area contributed by atoms with E-state index in [1.165, 1.54) is 6.26 Å². The number of hydrogen-bond acceptors (Lipinski definition) is 6. The highest BCUT2D eigenvalue weighted by molar-refractivity contribution is 6.04. The Balaban J connectivity index is 1.26. The van der Waals surface area contributed by atoms with Crippen molar-refractivity contribution in [3.8, 4) is 0 Å². The highest BCUT2D eigenvalue weighted by atomic mass is 16.3. The van der Waals surface area contributed by atoms with Crippen LogP contribution in [0.15, 0.2) is 47.1 Å². The number of carbonyl (C=O) groups is 2. The number of likely N-dealkylation sites (N-methyl/N-ethyl adjacent to an activating group) is 1. The Morgan fingerprint density at radius 3 is 2.65 bits per heavy atom. The number of hydrogen-bond donors (Lipinski definition) is 1. The van der Waals surface area contributed by atoms with Crippen LogP contribution in [-0.4, -0.2) is 72.9 Å². The van der Waals surface area contributed by atoms with Crippen LogP contribution in [0.2, 0.25) is 0 Å². The van der Waals surface area contributed by atoms with E-state index in [1.807, 2.05) is 31.3 Å². The predicted octanol–water partition coefficient (Wildman–Crippen LogP) is 2.22. The Bertz CT molecular complexity index is 1120. The molecule has 4 heterocycles. The van der Waals surface area contributed by atoms with Gasteiger partial charge in [0.25, 0.3) is 5.91 Å². The van der Waals surface area contributed by atoms with Crippen LogP contribution < -0.4 is 10.2 Å². The van der Waals surface area contributed by atoms with E-state index in [4.69, 9.17) is 9.40 Å². The lowest BCUT2D eigenvalue weighted by Gasteiger charge is -2.33. The largest absolute Gasteiger partial charge is 0.459 e. The third kappa shape index (κ3) is 3.74. The van der Waals surface area contributed by atoms with Crippen LogP contribution in [0.1, 0.15) is 16.1 Å². The van der Waals surface area contributed by atoms with Crippen molar-refractivity contribution in [3.63, 3.8) is 0 Å². The number of nitrogens with one attached hydrogen (secondary N) is 1. The summed E-state index contributed by atoms with van der Waals surface area (Å²) in [6.45, 7) is 3.64. The Morgan fingerprint density at radius 1 is 1.06 bits per heavy atom. The Kier molecular flexibility index (Phi) is 5.07. The van der Waals surface area contributed by atoms with Gasteiger partial charge in [0.05, 0.1) is 24.0 Å². The van der Waals surface area contributed by atoms with E-state index in [9.17, 15) is 9.59 Å². The van der Waals surface area contributed by atoms with Gasteiger partial charge in [-0.1, -0.05) is 18.2 Å². The first-order valence-corrected chi connectivity index (χ1v) is 10.6. The van der Waals surface area contributed by atoms with Crippen LogP contribution in [0.3, 0.4) is 0 Å². The lowest BCUT2D eigenvalue weighted by molar-refractivity contribution is -0.117. The number of nitrogens with zero attached hydrogens (tertiary/aromatic N) is 4. The molecule has 1 fully saturated rings. The topological polar surface area (TPSA) is 81.9 Å².